The Hall–Kier alpha value is -1.33. The molecule has 0 heterocycles. The van der Waals surface area contributed by atoms with Crippen LogP contribution in [0.15, 0.2) is 34.8 Å². The summed E-state index contributed by atoms with van der Waals surface area (Å²) in [6.45, 7) is 0.125. The minimum Gasteiger partial charge on any atom is -0.508 e. The van der Waals surface area contributed by atoms with Gasteiger partial charge in [0.25, 0.3) is 0 Å². The van der Waals surface area contributed by atoms with Crippen molar-refractivity contribution in [3.63, 3.8) is 0 Å². The van der Waals surface area contributed by atoms with Gasteiger partial charge in [0.2, 0.25) is 0 Å². The highest BCUT2D eigenvalue weighted by Crippen LogP contribution is 2.28. The SMILES string of the molecule is Oc1cccc(Cl)c1CNc1cc(Br)c(F)cc1F. The van der Waals surface area contributed by atoms with Crippen LogP contribution in [0.4, 0.5) is 14.5 Å². The second kappa shape index (κ2) is 5.75. The molecule has 0 aliphatic carbocycles. The van der Waals surface area contributed by atoms with E-state index < -0.39 is 11.6 Å². The fraction of sp³-hybridized carbons (Fsp3) is 0.0769. The van der Waals surface area contributed by atoms with Gasteiger partial charge in [0, 0.05) is 23.2 Å². The number of hydrogen-bond donors (Lipinski definition) is 2. The molecule has 0 spiro atoms. The largest absolute Gasteiger partial charge is 0.508 e. The lowest BCUT2D eigenvalue weighted by Gasteiger charge is -2.11. The van der Waals surface area contributed by atoms with Gasteiger partial charge in [-0.1, -0.05) is 17.7 Å². The van der Waals surface area contributed by atoms with Gasteiger partial charge in [0.1, 0.15) is 17.4 Å². The minimum atomic E-state index is -0.716. The van der Waals surface area contributed by atoms with Gasteiger partial charge in [0.05, 0.1) is 10.2 Å². The molecule has 0 atom stereocenters. The molecule has 0 amide bonds. The third-order valence-corrected chi connectivity index (χ3v) is 3.52. The van der Waals surface area contributed by atoms with Crippen LogP contribution in [0.5, 0.6) is 5.75 Å². The van der Waals surface area contributed by atoms with Crippen LogP contribution in [-0.2, 0) is 6.54 Å². The lowest BCUT2D eigenvalue weighted by Crippen LogP contribution is -2.03. The quantitative estimate of drug-likeness (QED) is 0.788. The fourth-order valence-electron chi connectivity index (χ4n) is 1.56. The molecule has 0 aliphatic heterocycles. The average molecular weight is 349 g/mol. The van der Waals surface area contributed by atoms with Gasteiger partial charge in [-0.05, 0) is 34.1 Å². The van der Waals surface area contributed by atoms with Gasteiger partial charge in [-0.25, -0.2) is 8.78 Å². The Morgan fingerprint density at radius 1 is 1.21 bits per heavy atom. The van der Waals surface area contributed by atoms with Crippen molar-refractivity contribution in [3.05, 3.63) is 57.0 Å². The van der Waals surface area contributed by atoms with Crippen LogP contribution in [0.2, 0.25) is 5.02 Å². The predicted molar refractivity (Wildman–Crippen MR) is 74.5 cm³/mol. The maximum absolute atomic E-state index is 13.5. The van der Waals surface area contributed by atoms with Crippen molar-refractivity contribution >= 4 is 33.2 Å². The molecular formula is C13H9BrClF2NO. The van der Waals surface area contributed by atoms with Crippen LogP contribution < -0.4 is 5.32 Å². The van der Waals surface area contributed by atoms with Crippen LogP contribution in [0, 0.1) is 11.6 Å². The highest BCUT2D eigenvalue weighted by atomic mass is 79.9. The number of benzene rings is 2. The van der Waals surface area contributed by atoms with E-state index in [1.54, 1.807) is 12.1 Å². The summed E-state index contributed by atoms with van der Waals surface area (Å²) in [7, 11) is 0. The maximum atomic E-state index is 13.5. The number of phenols is 1. The Morgan fingerprint density at radius 3 is 2.63 bits per heavy atom. The molecule has 6 heteroatoms. The summed E-state index contributed by atoms with van der Waals surface area (Å²) in [6.07, 6.45) is 0. The molecule has 0 unspecified atom stereocenters. The van der Waals surface area contributed by atoms with Crippen molar-refractivity contribution < 1.29 is 13.9 Å². The van der Waals surface area contributed by atoms with Crippen LogP contribution >= 0.6 is 27.5 Å². The summed E-state index contributed by atoms with van der Waals surface area (Å²) in [5.74, 6) is -1.38. The summed E-state index contributed by atoms with van der Waals surface area (Å²) < 4.78 is 26.7. The summed E-state index contributed by atoms with van der Waals surface area (Å²) in [6, 6.07) is 6.78. The van der Waals surface area contributed by atoms with Crippen molar-refractivity contribution in [2.45, 2.75) is 6.54 Å². The highest BCUT2D eigenvalue weighted by Gasteiger charge is 2.10. The predicted octanol–water partition coefficient (Wildman–Crippen LogP) is 4.70. The Balaban J connectivity index is 2.22. The first-order valence-electron chi connectivity index (χ1n) is 5.34. The Labute approximate surface area is 122 Å². The standard InChI is InChI=1S/C13H9BrClF2NO/c14-8-4-12(11(17)5-10(8)16)18-6-7-9(15)2-1-3-13(7)19/h1-5,18-19H,6H2. The van der Waals surface area contributed by atoms with Gasteiger partial charge in [-0.2, -0.15) is 0 Å². The van der Waals surface area contributed by atoms with E-state index >= 15 is 0 Å². The van der Waals surface area contributed by atoms with Gasteiger partial charge >= 0.3 is 0 Å². The zero-order valence-corrected chi connectivity index (χ0v) is 11.9. The topological polar surface area (TPSA) is 32.3 Å². The highest BCUT2D eigenvalue weighted by molar-refractivity contribution is 9.10. The van der Waals surface area contributed by atoms with Gasteiger partial charge in [-0.3, -0.25) is 0 Å². The molecule has 2 aromatic rings. The monoisotopic (exact) mass is 347 g/mol. The first-order valence-corrected chi connectivity index (χ1v) is 6.51. The zero-order valence-electron chi connectivity index (χ0n) is 9.55. The van der Waals surface area contributed by atoms with Crippen molar-refractivity contribution in [1.82, 2.24) is 0 Å². The van der Waals surface area contributed by atoms with Crippen molar-refractivity contribution in [2.75, 3.05) is 5.32 Å². The van der Waals surface area contributed by atoms with Gasteiger partial charge < -0.3 is 10.4 Å². The Bertz CT molecular complexity index is 602. The van der Waals surface area contributed by atoms with E-state index in [1.807, 2.05) is 0 Å². The number of hydrogen-bond acceptors (Lipinski definition) is 2. The molecular weight excluding hydrogens is 340 g/mol. The van der Waals surface area contributed by atoms with E-state index in [0.717, 1.165) is 6.07 Å². The molecule has 2 rings (SSSR count). The van der Waals surface area contributed by atoms with E-state index in [2.05, 4.69) is 21.2 Å². The third kappa shape index (κ3) is 3.16. The average Bonchev–Trinajstić information content (AvgIpc) is 2.34. The lowest BCUT2D eigenvalue weighted by atomic mass is 10.2. The first kappa shape index (κ1) is 14.1. The molecule has 2 aromatic carbocycles. The van der Waals surface area contributed by atoms with E-state index in [9.17, 15) is 13.9 Å². The second-order valence-corrected chi connectivity index (χ2v) is 5.10. The Kier molecular flexibility index (Phi) is 4.27. The van der Waals surface area contributed by atoms with Crippen molar-refractivity contribution in [1.29, 1.82) is 0 Å². The fourth-order valence-corrected chi connectivity index (χ4v) is 2.14. The number of halogens is 4. The van der Waals surface area contributed by atoms with Crippen molar-refractivity contribution in [2.24, 2.45) is 0 Å². The number of nitrogens with one attached hydrogen (secondary N) is 1. The number of rotatable bonds is 3. The molecule has 0 aromatic heterocycles. The van der Waals surface area contributed by atoms with Crippen LogP contribution in [0.3, 0.4) is 0 Å². The van der Waals surface area contributed by atoms with E-state index in [1.165, 1.54) is 12.1 Å². The molecule has 0 fully saturated rings. The maximum Gasteiger partial charge on any atom is 0.149 e. The summed E-state index contributed by atoms with van der Waals surface area (Å²) in [4.78, 5) is 0. The summed E-state index contributed by atoms with van der Waals surface area (Å²) in [5, 5.41) is 12.8. The molecule has 19 heavy (non-hydrogen) atoms. The second-order valence-electron chi connectivity index (χ2n) is 3.84. The van der Waals surface area contributed by atoms with E-state index in [-0.39, 0.29) is 22.5 Å². The lowest BCUT2D eigenvalue weighted by molar-refractivity contribution is 0.469. The van der Waals surface area contributed by atoms with Crippen molar-refractivity contribution in [3.8, 4) is 5.75 Å². The minimum absolute atomic E-state index is 0.0154. The van der Waals surface area contributed by atoms with E-state index in [4.69, 9.17) is 11.6 Å². The summed E-state index contributed by atoms with van der Waals surface area (Å²) in [5.41, 5.74) is 0.566. The molecule has 0 saturated heterocycles. The first-order chi connectivity index (χ1) is 8.99. The van der Waals surface area contributed by atoms with Gasteiger partial charge in [-0.15, -0.1) is 0 Å². The van der Waals surface area contributed by atoms with E-state index in [0.29, 0.717) is 10.6 Å². The molecule has 0 bridgehead atoms. The van der Waals surface area contributed by atoms with Gasteiger partial charge in [0.15, 0.2) is 0 Å². The van der Waals surface area contributed by atoms with Crippen LogP contribution in [0.25, 0.3) is 0 Å². The number of anilines is 1. The smallest absolute Gasteiger partial charge is 0.149 e. The third-order valence-electron chi connectivity index (χ3n) is 2.56. The normalized spacial score (nSPS) is 10.5. The number of aromatic hydroxyl groups is 1. The molecule has 0 radical (unpaired) electrons. The molecule has 2 N–H and O–H groups in total. The zero-order chi connectivity index (χ0) is 14.0. The molecule has 0 saturated carbocycles. The van der Waals surface area contributed by atoms with Crippen LogP contribution in [0.1, 0.15) is 5.56 Å². The van der Waals surface area contributed by atoms with Crippen LogP contribution in [-0.4, -0.2) is 5.11 Å². The Morgan fingerprint density at radius 2 is 1.95 bits per heavy atom. The summed E-state index contributed by atoms with van der Waals surface area (Å²) >= 11 is 8.91. The molecule has 2 nitrogen and oxygen atoms in total. The number of phenolic OH excluding ortho intramolecular Hbond substituents is 1. The molecule has 0 aliphatic rings. The molecule has 100 valence electrons.